The van der Waals surface area contributed by atoms with Crippen LogP contribution in [0, 0.1) is 13.8 Å². The molecule has 0 aliphatic carbocycles. The molecule has 33 heavy (non-hydrogen) atoms. The Morgan fingerprint density at radius 2 is 0.970 bits per heavy atom. The van der Waals surface area contributed by atoms with E-state index in [1.807, 2.05) is 39.8 Å². The summed E-state index contributed by atoms with van der Waals surface area (Å²) in [5, 5.41) is 3.50. The maximum atomic E-state index is 6.21. The van der Waals surface area contributed by atoms with E-state index in [-0.39, 0.29) is 0 Å². The van der Waals surface area contributed by atoms with Crippen molar-refractivity contribution in [1.29, 1.82) is 0 Å². The van der Waals surface area contributed by atoms with Gasteiger partial charge in [0.2, 0.25) is 0 Å². The van der Waals surface area contributed by atoms with Crippen LogP contribution in [0.15, 0.2) is 54.6 Å². The van der Waals surface area contributed by atoms with E-state index in [0.717, 1.165) is 33.6 Å². The van der Waals surface area contributed by atoms with Crippen molar-refractivity contribution in [3.63, 3.8) is 0 Å². The Hall–Kier alpha value is -2.71. The molecule has 0 saturated carbocycles. The molecule has 3 aromatic carbocycles. The summed E-state index contributed by atoms with van der Waals surface area (Å²) in [4.78, 5) is 0. The molecule has 176 valence electrons. The Labute approximate surface area is 199 Å². The molecule has 0 unspecified atom stereocenters. The first-order valence-corrected chi connectivity index (χ1v) is 13.0. The van der Waals surface area contributed by atoms with Crippen molar-refractivity contribution in [2.24, 2.45) is 0 Å². The predicted molar refractivity (Wildman–Crippen MR) is 139 cm³/mol. The van der Waals surface area contributed by atoms with Gasteiger partial charge >= 0.3 is 0 Å². The van der Waals surface area contributed by atoms with Crippen LogP contribution in [0.5, 0.6) is 23.0 Å². The minimum absolute atomic E-state index is 0.560. The lowest BCUT2D eigenvalue weighted by Gasteiger charge is -2.27. The molecule has 0 aliphatic heterocycles. The van der Waals surface area contributed by atoms with Gasteiger partial charge in [-0.2, -0.15) is 0 Å². The second kappa shape index (κ2) is 12.0. The average Bonchev–Trinajstić information content (AvgIpc) is 2.81. The van der Waals surface area contributed by atoms with E-state index in [4.69, 9.17) is 18.9 Å². The number of benzene rings is 3. The molecule has 0 aliphatic rings. The third-order valence-electron chi connectivity index (χ3n) is 5.39. The van der Waals surface area contributed by atoms with E-state index in [2.05, 4.69) is 56.3 Å². The topological polar surface area (TPSA) is 36.9 Å². The Balaban J connectivity index is 2.37. The summed E-state index contributed by atoms with van der Waals surface area (Å²) in [6.07, 6.45) is 0. The van der Waals surface area contributed by atoms with Gasteiger partial charge in [0.25, 0.3) is 0 Å². The zero-order valence-corrected chi connectivity index (χ0v) is 21.5. The summed E-state index contributed by atoms with van der Waals surface area (Å²) in [5.41, 5.74) is 2.54. The van der Waals surface area contributed by atoms with Gasteiger partial charge in [-0.15, -0.1) is 0 Å². The molecule has 0 saturated heterocycles. The minimum Gasteiger partial charge on any atom is -0.490 e. The van der Waals surface area contributed by atoms with Gasteiger partial charge in [0.05, 0.1) is 26.4 Å². The molecule has 0 aromatic heterocycles. The molecule has 0 bridgehead atoms. The molecule has 4 nitrogen and oxygen atoms in total. The lowest BCUT2D eigenvalue weighted by atomic mass is 10.1. The second-order valence-electron chi connectivity index (χ2n) is 7.50. The van der Waals surface area contributed by atoms with Crippen molar-refractivity contribution in [3.05, 3.63) is 65.7 Å². The molecule has 5 heteroatoms. The lowest BCUT2D eigenvalue weighted by Crippen LogP contribution is -2.26. The number of hydrogen-bond acceptors (Lipinski definition) is 4. The largest absolute Gasteiger partial charge is 0.490 e. The van der Waals surface area contributed by atoms with Gasteiger partial charge in [0, 0.05) is 10.6 Å². The van der Waals surface area contributed by atoms with E-state index < -0.39 is 7.92 Å². The highest BCUT2D eigenvalue weighted by atomic mass is 31.1. The summed E-state index contributed by atoms with van der Waals surface area (Å²) in [5.74, 6) is 3.15. The van der Waals surface area contributed by atoms with Crippen LogP contribution in [0.1, 0.15) is 38.8 Å². The fourth-order valence-electron chi connectivity index (χ4n) is 3.84. The van der Waals surface area contributed by atoms with Crippen molar-refractivity contribution in [1.82, 2.24) is 0 Å². The SMILES string of the molecule is CCOc1cccc(P(c2cccc(C)c2C)c2cccc(OCC)c2OCC)c1OCC. The van der Waals surface area contributed by atoms with Crippen molar-refractivity contribution >= 4 is 23.8 Å². The molecule has 0 heterocycles. The van der Waals surface area contributed by atoms with E-state index >= 15 is 0 Å². The smallest absolute Gasteiger partial charge is 0.169 e. The highest BCUT2D eigenvalue weighted by Gasteiger charge is 2.28. The molecule has 0 amide bonds. The Morgan fingerprint density at radius 1 is 0.545 bits per heavy atom. The first kappa shape index (κ1) is 24.9. The normalized spacial score (nSPS) is 10.9. The zero-order valence-electron chi connectivity index (χ0n) is 20.6. The maximum Gasteiger partial charge on any atom is 0.169 e. The van der Waals surface area contributed by atoms with Gasteiger partial charge in [0.15, 0.2) is 23.0 Å². The summed E-state index contributed by atoms with van der Waals surface area (Å²) in [6, 6.07) is 18.9. The summed E-state index contributed by atoms with van der Waals surface area (Å²) in [7, 11) is -1.01. The average molecular weight is 467 g/mol. The monoisotopic (exact) mass is 466 g/mol. The molecule has 3 rings (SSSR count). The fraction of sp³-hybridized carbons (Fsp3) is 0.357. The maximum absolute atomic E-state index is 6.21. The highest BCUT2D eigenvalue weighted by molar-refractivity contribution is 7.80. The molecule has 0 N–H and O–H groups in total. The van der Waals surface area contributed by atoms with Gasteiger partial charge < -0.3 is 18.9 Å². The van der Waals surface area contributed by atoms with Crippen molar-refractivity contribution in [3.8, 4) is 23.0 Å². The molecule has 0 atom stereocenters. The summed E-state index contributed by atoms with van der Waals surface area (Å²) < 4.78 is 24.4. The van der Waals surface area contributed by atoms with Gasteiger partial charge in [-0.05, 0) is 90.2 Å². The van der Waals surface area contributed by atoms with Crippen LogP contribution in [0.4, 0.5) is 0 Å². The standard InChI is InChI=1S/C28H35O4P/c1-7-29-22-15-12-18-25(27(22)31-9-3)33(24-17-11-14-20(5)21(24)6)26-19-13-16-23(30-8-2)28(26)32-10-4/h11-19H,7-10H2,1-6H3. The third-order valence-corrected chi connectivity index (χ3v) is 8.03. The molecule has 3 aromatic rings. The van der Waals surface area contributed by atoms with Crippen molar-refractivity contribution < 1.29 is 18.9 Å². The van der Waals surface area contributed by atoms with Crippen LogP contribution in [0.2, 0.25) is 0 Å². The number of hydrogen-bond donors (Lipinski definition) is 0. The number of aryl methyl sites for hydroxylation is 1. The van der Waals surface area contributed by atoms with Crippen LogP contribution >= 0.6 is 7.92 Å². The lowest BCUT2D eigenvalue weighted by molar-refractivity contribution is 0.289. The van der Waals surface area contributed by atoms with Crippen LogP contribution < -0.4 is 34.9 Å². The number of rotatable bonds is 11. The van der Waals surface area contributed by atoms with E-state index in [1.165, 1.54) is 16.4 Å². The van der Waals surface area contributed by atoms with Gasteiger partial charge in [-0.1, -0.05) is 30.3 Å². The first-order chi connectivity index (χ1) is 16.1. The van der Waals surface area contributed by atoms with Crippen LogP contribution in [-0.2, 0) is 0 Å². The van der Waals surface area contributed by atoms with Crippen LogP contribution in [0.3, 0.4) is 0 Å². The molecular formula is C28H35O4P. The van der Waals surface area contributed by atoms with E-state index in [9.17, 15) is 0 Å². The second-order valence-corrected chi connectivity index (χ2v) is 9.61. The minimum atomic E-state index is -1.01. The van der Waals surface area contributed by atoms with Gasteiger partial charge in [-0.3, -0.25) is 0 Å². The number of ether oxygens (including phenoxy) is 4. The van der Waals surface area contributed by atoms with Crippen LogP contribution in [0.25, 0.3) is 0 Å². The molecule has 0 fully saturated rings. The molecule has 0 spiro atoms. The highest BCUT2D eigenvalue weighted by Crippen LogP contribution is 2.45. The van der Waals surface area contributed by atoms with Crippen molar-refractivity contribution in [2.75, 3.05) is 26.4 Å². The third kappa shape index (κ3) is 5.45. The Bertz CT molecular complexity index is 1000. The van der Waals surface area contributed by atoms with E-state index in [0.29, 0.717) is 26.4 Å². The van der Waals surface area contributed by atoms with Gasteiger partial charge in [0.1, 0.15) is 0 Å². The summed E-state index contributed by atoms with van der Waals surface area (Å²) in [6.45, 7) is 14.6. The quantitative estimate of drug-likeness (QED) is 0.342. The van der Waals surface area contributed by atoms with Gasteiger partial charge in [-0.25, -0.2) is 0 Å². The molecular weight excluding hydrogens is 431 g/mol. The zero-order chi connectivity index (χ0) is 23.8. The predicted octanol–water partition coefficient (Wildman–Crippen LogP) is 5.66. The Morgan fingerprint density at radius 3 is 1.42 bits per heavy atom. The van der Waals surface area contributed by atoms with Crippen molar-refractivity contribution in [2.45, 2.75) is 41.5 Å². The van der Waals surface area contributed by atoms with E-state index in [1.54, 1.807) is 0 Å². The van der Waals surface area contributed by atoms with Crippen LogP contribution in [-0.4, -0.2) is 26.4 Å². The fourth-order valence-corrected chi connectivity index (χ4v) is 6.60. The number of para-hydroxylation sites is 2. The molecule has 0 radical (unpaired) electrons. The summed E-state index contributed by atoms with van der Waals surface area (Å²) >= 11 is 0. The Kier molecular flexibility index (Phi) is 9.03. The first-order valence-electron chi connectivity index (χ1n) is 11.7.